The van der Waals surface area contributed by atoms with E-state index in [1.807, 2.05) is 27.7 Å². The third kappa shape index (κ3) is 3.34. The van der Waals surface area contributed by atoms with E-state index in [-0.39, 0.29) is 23.8 Å². The maximum atomic E-state index is 12.0. The van der Waals surface area contributed by atoms with Crippen LogP contribution in [0, 0.1) is 5.92 Å². The van der Waals surface area contributed by atoms with Gasteiger partial charge in [0.05, 0.1) is 0 Å². The first kappa shape index (κ1) is 14.7. The Labute approximate surface area is 109 Å². The van der Waals surface area contributed by atoms with E-state index in [0.29, 0.717) is 18.5 Å². The molecule has 0 N–H and O–H groups in total. The second kappa shape index (κ2) is 5.12. The van der Waals surface area contributed by atoms with Crippen LogP contribution >= 0.6 is 0 Å². The molecular weight excluding hydrogens is 230 g/mol. The Bertz CT molecular complexity index is 368. The van der Waals surface area contributed by atoms with Gasteiger partial charge in [0.15, 0.2) is 5.78 Å². The van der Waals surface area contributed by atoms with Gasteiger partial charge in [0, 0.05) is 18.5 Å². The summed E-state index contributed by atoms with van der Waals surface area (Å²) in [6, 6.07) is -0.121. The van der Waals surface area contributed by atoms with E-state index in [2.05, 4.69) is 6.58 Å². The van der Waals surface area contributed by atoms with Crippen molar-refractivity contribution < 1.29 is 14.3 Å². The van der Waals surface area contributed by atoms with Gasteiger partial charge in [-0.1, -0.05) is 6.58 Å². The van der Waals surface area contributed by atoms with Crippen molar-refractivity contribution in [3.63, 3.8) is 0 Å². The smallest absolute Gasteiger partial charge is 0.410 e. The molecular formula is C14H23NO3. The summed E-state index contributed by atoms with van der Waals surface area (Å²) in [4.78, 5) is 25.5. The highest BCUT2D eigenvalue weighted by atomic mass is 16.6. The van der Waals surface area contributed by atoms with E-state index in [0.717, 1.165) is 0 Å². The second-order valence-electron chi connectivity index (χ2n) is 5.95. The van der Waals surface area contributed by atoms with Gasteiger partial charge in [0.2, 0.25) is 0 Å². The summed E-state index contributed by atoms with van der Waals surface area (Å²) >= 11 is 0. The summed E-state index contributed by atoms with van der Waals surface area (Å²) in [7, 11) is 0. The van der Waals surface area contributed by atoms with Crippen LogP contribution in [0.3, 0.4) is 0 Å². The number of amides is 1. The fourth-order valence-electron chi connectivity index (χ4n) is 2.18. The number of carbonyl (C=O) groups is 2. The van der Waals surface area contributed by atoms with Crippen LogP contribution in [0.2, 0.25) is 0 Å². The van der Waals surface area contributed by atoms with Gasteiger partial charge >= 0.3 is 6.09 Å². The van der Waals surface area contributed by atoms with Crippen molar-refractivity contribution in [1.82, 2.24) is 4.90 Å². The number of ether oxygens (including phenoxy) is 1. The van der Waals surface area contributed by atoms with Crippen LogP contribution in [0.25, 0.3) is 0 Å². The van der Waals surface area contributed by atoms with Crippen LogP contribution in [0.15, 0.2) is 12.2 Å². The van der Waals surface area contributed by atoms with Gasteiger partial charge in [0.25, 0.3) is 0 Å². The molecule has 1 rings (SSSR count). The predicted octanol–water partition coefficient (Wildman–Crippen LogP) is 2.78. The minimum Gasteiger partial charge on any atom is -0.444 e. The topological polar surface area (TPSA) is 46.6 Å². The van der Waals surface area contributed by atoms with Crippen molar-refractivity contribution in [2.45, 2.75) is 52.7 Å². The molecule has 0 bridgehead atoms. The van der Waals surface area contributed by atoms with Gasteiger partial charge < -0.3 is 9.64 Å². The van der Waals surface area contributed by atoms with Crippen LogP contribution in [0.5, 0.6) is 0 Å². The van der Waals surface area contributed by atoms with Crippen molar-refractivity contribution >= 4 is 11.9 Å². The largest absolute Gasteiger partial charge is 0.444 e. The lowest BCUT2D eigenvalue weighted by molar-refractivity contribution is -0.119. The Morgan fingerprint density at radius 2 is 1.89 bits per heavy atom. The van der Waals surface area contributed by atoms with Crippen LogP contribution in [-0.4, -0.2) is 35.0 Å². The van der Waals surface area contributed by atoms with E-state index in [4.69, 9.17) is 4.74 Å². The fourth-order valence-corrected chi connectivity index (χ4v) is 2.18. The van der Waals surface area contributed by atoms with Crippen LogP contribution in [0.1, 0.15) is 41.0 Å². The number of likely N-dealkylation sites (tertiary alicyclic amines) is 1. The maximum absolute atomic E-state index is 12.0. The van der Waals surface area contributed by atoms with Gasteiger partial charge in [-0.15, -0.1) is 0 Å². The zero-order valence-electron chi connectivity index (χ0n) is 11.9. The Kier molecular flexibility index (Phi) is 4.20. The lowest BCUT2D eigenvalue weighted by atomic mass is 9.93. The molecule has 1 saturated heterocycles. The van der Waals surface area contributed by atoms with Crippen molar-refractivity contribution in [1.29, 1.82) is 0 Å². The highest BCUT2D eigenvalue weighted by molar-refractivity contribution is 5.97. The molecule has 1 heterocycles. The number of ketones is 1. The van der Waals surface area contributed by atoms with Gasteiger partial charge in [0.1, 0.15) is 5.60 Å². The number of carbonyl (C=O) groups excluding carboxylic acids is 2. The average molecular weight is 253 g/mol. The first-order valence-corrected chi connectivity index (χ1v) is 6.33. The van der Waals surface area contributed by atoms with Gasteiger partial charge in [-0.25, -0.2) is 4.79 Å². The SMILES string of the molecule is C=C(C)C(=O)C1CCN(C(=O)OC(C)(C)C)C1C. The molecule has 0 radical (unpaired) electrons. The molecule has 1 aliphatic rings. The molecule has 4 nitrogen and oxygen atoms in total. The quantitative estimate of drug-likeness (QED) is 0.711. The standard InChI is InChI=1S/C14H23NO3/c1-9(2)12(16)11-7-8-15(10(11)3)13(17)18-14(4,5)6/h10-11H,1,7-8H2,2-6H3. The van der Waals surface area contributed by atoms with Crippen LogP contribution in [0.4, 0.5) is 4.79 Å². The predicted molar refractivity (Wildman–Crippen MR) is 70.3 cm³/mol. The van der Waals surface area contributed by atoms with Crippen molar-refractivity contribution in [3.8, 4) is 0 Å². The monoisotopic (exact) mass is 253 g/mol. The zero-order chi connectivity index (χ0) is 14.1. The highest BCUT2D eigenvalue weighted by Crippen LogP contribution is 2.28. The summed E-state index contributed by atoms with van der Waals surface area (Å²) in [5.41, 5.74) is 0.0469. The molecule has 1 aliphatic heterocycles. The molecule has 18 heavy (non-hydrogen) atoms. The number of nitrogens with zero attached hydrogens (tertiary/aromatic N) is 1. The average Bonchev–Trinajstić information content (AvgIpc) is 2.56. The number of Topliss-reactive ketones (excluding diaryl/α,β-unsaturated/α-hetero) is 1. The molecule has 0 aliphatic carbocycles. The Morgan fingerprint density at radius 1 is 1.33 bits per heavy atom. The summed E-state index contributed by atoms with van der Waals surface area (Å²) < 4.78 is 5.33. The molecule has 2 unspecified atom stereocenters. The zero-order valence-corrected chi connectivity index (χ0v) is 11.9. The number of rotatable bonds is 2. The third-order valence-corrected chi connectivity index (χ3v) is 3.14. The molecule has 0 aromatic carbocycles. The summed E-state index contributed by atoms with van der Waals surface area (Å²) in [6.45, 7) is 13.4. The molecule has 0 aromatic heterocycles. The summed E-state index contributed by atoms with van der Waals surface area (Å²) in [5.74, 6) is -0.0939. The molecule has 4 heteroatoms. The van der Waals surface area contributed by atoms with Crippen LogP contribution in [-0.2, 0) is 9.53 Å². The summed E-state index contributed by atoms with van der Waals surface area (Å²) in [6.07, 6.45) is 0.346. The lowest BCUT2D eigenvalue weighted by Crippen LogP contribution is -2.41. The van der Waals surface area contributed by atoms with E-state index in [1.165, 1.54) is 0 Å². The molecule has 1 amide bonds. The molecule has 1 fully saturated rings. The van der Waals surface area contributed by atoms with Crippen molar-refractivity contribution in [2.75, 3.05) is 6.54 Å². The second-order valence-corrected chi connectivity index (χ2v) is 5.95. The number of hydrogen-bond acceptors (Lipinski definition) is 3. The first-order valence-electron chi connectivity index (χ1n) is 6.33. The van der Waals surface area contributed by atoms with Crippen LogP contribution < -0.4 is 0 Å². The van der Waals surface area contributed by atoms with Gasteiger partial charge in [-0.2, -0.15) is 0 Å². The minimum absolute atomic E-state index is 0.0496. The van der Waals surface area contributed by atoms with Crippen molar-refractivity contribution in [3.05, 3.63) is 12.2 Å². The van der Waals surface area contributed by atoms with Gasteiger partial charge in [-0.05, 0) is 46.6 Å². The fraction of sp³-hybridized carbons (Fsp3) is 0.714. The van der Waals surface area contributed by atoms with Crippen molar-refractivity contribution in [2.24, 2.45) is 5.92 Å². The Balaban J connectivity index is 2.70. The highest BCUT2D eigenvalue weighted by Gasteiger charge is 2.39. The molecule has 0 spiro atoms. The lowest BCUT2D eigenvalue weighted by Gasteiger charge is -2.28. The van der Waals surface area contributed by atoms with E-state index < -0.39 is 5.60 Å². The molecule has 0 saturated carbocycles. The Hall–Kier alpha value is -1.32. The molecule has 2 atom stereocenters. The number of hydrogen-bond donors (Lipinski definition) is 0. The van der Waals surface area contributed by atoms with E-state index >= 15 is 0 Å². The third-order valence-electron chi connectivity index (χ3n) is 3.14. The first-order chi connectivity index (χ1) is 8.13. The maximum Gasteiger partial charge on any atom is 0.410 e. The van der Waals surface area contributed by atoms with E-state index in [9.17, 15) is 9.59 Å². The van der Waals surface area contributed by atoms with E-state index in [1.54, 1.807) is 11.8 Å². The Morgan fingerprint density at radius 3 is 2.33 bits per heavy atom. The summed E-state index contributed by atoms with van der Waals surface area (Å²) in [5, 5.41) is 0. The normalized spacial score (nSPS) is 23.9. The van der Waals surface area contributed by atoms with Gasteiger partial charge in [-0.3, -0.25) is 4.79 Å². The molecule has 0 aromatic rings. The molecule has 102 valence electrons. The number of allylic oxidation sites excluding steroid dienone is 1. The minimum atomic E-state index is -0.507.